The largest absolute Gasteiger partial charge is 0.312 e. The van der Waals surface area contributed by atoms with Crippen molar-refractivity contribution in [3.8, 4) is 0 Å². The number of fused-ring (bicyclic) bond motifs is 2. The summed E-state index contributed by atoms with van der Waals surface area (Å²) in [7, 11) is 0. The molecule has 0 saturated carbocycles. The first-order valence-electron chi connectivity index (χ1n) is 13.6. The van der Waals surface area contributed by atoms with Gasteiger partial charge in [-0.2, -0.15) is 0 Å². The number of aryl methyl sites for hydroxylation is 2. The molecule has 2 heterocycles. The van der Waals surface area contributed by atoms with Crippen molar-refractivity contribution in [2.75, 3.05) is 48.4 Å². The van der Waals surface area contributed by atoms with E-state index in [0.717, 1.165) is 48.6 Å². The summed E-state index contributed by atoms with van der Waals surface area (Å²) in [6.07, 6.45) is 3.60. The first-order chi connectivity index (χ1) is 19.2. The zero-order valence-electron chi connectivity index (χ0n) is 23.0. The molecule has 2 aliphatic heterocycles. The maximum Gasteiger partial charge on any atom is 0.269 e. The number of non-ortho nitro benzene ring substituents is 2. The van der Waals surface area contributed by atoms with E-state index in [4.69, 9.17) is 11.6 Å². The number of alkyl halides is 1. The van der Waals surface area contributed by atoms with Gasteiger partial charge in [-0.05, 0) is 68.6 Å². The van der Waals surface area contributed by atoms with E-state index < -0.39 is 4.92 Å². The van der Waals surface area contributed by atoms with Crippen LogP contribution in [0.25, 0.3) is 0 Å². The summed E-state index contributed by atoms with van der Waals surface area (Å²) in [5, 5.41) is 21.6. The van der Waals surface area contributed by atoms with Crippen LogP contribution >= 0.6 is 11.6 Å². The van der Waals surface area contributed by atoms with Crippen molar-refractivity contribution >= 4 is 46.2 Å². The van der Waals surface area contributed by atoms with E-state index in [9.17, 15) is 29.8 Å². The fourth-order valence-electron chi connectivity index (χ4n) is 5.02. The predicted molar refractivity (Wildman–Crippen MR) is 155 cm³/mol. The first kappa shape index (κ1) is 31.0. The number of nitrogens with zero attached hydrogens (tertiary/aromatic N) is 5. The molecule has 4 rings (SSSR count). The van der Waals surface area contributed by atoms with Crippen LogP contribution in [0.1, 0.15) is 50.7 Å². The SMILES string of the molecule is CCN(CC)CCCN1C(=O)CCc2cc([N+](=O)[O-])ccc21.O=C1CCc2cc([N+](=O)[O-])ccc2N1CCCCl. The molecule has 40 heavy (non-hydrogen) atoms. The smallest absolute Gasteiger partial charge is 0.269 e. The number of anilines is 2. The highest BCUT2D eigenvalue weighted by Crippen LogP contribution is 2.32. The Labute approximate surface area is 239 Å². The number of hydrogen-bond donors (Lipinski definition) is 0. The van der Waals surface area contributed by atoms with Gasteiger partial charge in [0.15, 0.2) is 0 Å². The molecule has 2 amide bonds. The Morgan fingerprint density at radius 2 is 1.23 bits per heavy atom. The van der Waals surface area contributed by atoms with E-state index in [2.05, 4.69) is 18.7 Å². The van der Waals surface area contributed by atoms with Gasteiger partial charge < -0.3 is 14.7 Å². The third kappa shape index (κ3) is 7.76. The number of carbonyl (C=O) groups excluding carboxylic acids is 2. The highest BCUT2D eigenvalue weighted by molar-refractivity contribution is 6.17. The number of nitro benzene ring substituents is 2. The first-order valence-corrected chi connectivity index (χ1v) is 14.2. The molecular formula is C28H36ClN5O6. The zero-order valence-corrected chi connectivity index (χ0v) is 23.8. The molecule has 2 aromatic rings. The summed E-state index contributed by atoms with van der Waals surface area (Å²) in [6, 6.07) is 9.43. The highest BCUT2D eigenvalue weighted by Gasteiger charge is 2.26. The van der Waals surface area contributed by atoms with Gasteiger partial charge in [-0.1, -0.05) is 13.8 Å². The maximum absolute atomic E-state index is 12.2. The number of halogens is 1. The molecule has 0 aromatic heterocycles. The predicted octanol–water partition coefficient (Wildman–Crippen LogP) is 5.11. The molecule has 216 valence electrons. The lowest BCUT2D eigenvalue weighted by Crippen LogP contribution is -2.37. The number of amides is 2. The lowest BCUT2D eigenvalue weighted by Gasteiger charge is -2.30. The van der Waals surface area contributed by atoms with Gasteiger partial charge in [0.25, 0.3) is 11.4 Å². The van der Waals surface area contributed by atoms with Crippen LogP contribution < -0.4 is 9.80 Å². The Morgan fingerprint density at radius 3 is 1.62 bits per heavy atom. The molecular weight excluding hydrogens is 538 g/mol. The van der Waals surface area contributed by atoms with Gasteiger partial charge in [0.1, 0.15) is 0 Å². The van der Waals surface area contributed by atoms with Crippen molar-refractivity contribution in [2.45, 2.75) is 52.4 Å². The van der Waals surface area contributed by atoms with Gasteiger partial charge in [-0.15, -0.1) is 11.6 Å². The van der Waals surface area contributed by atoms with E-state index in [1.807, 2.05) is 0 Å². The minimum Gasteiger partial charge on any atom is -0.312 e. The lowest BCUT2D eigenvalue weighted by atomic mass is 10.00. The summed E-state index contributed by atoms with van der Waals surface area (Å²) in [4.78, 5) is 50.6. The summed E-state index contributed by atoms with van der Waals surface area (Å²) in [5.41, 5.74) is 3.54. The number of carbonyl (C=O) groups is 2. The third-order valence-corrected chi connectivity index (χ3v) is 7.48. The molecule has 0 aliphatic carbocycles. The fraction of sp³-hybridized carbons (Fsp3) is 0.500. The molecule has 2 aliphatic rings. The van der Waals surface area contributed by atoms with Gasteiger partial charge in [0.2, 0.25) is 11.8 Å². The molecule has 0 atom stereocenters. The van der Waals surface area contributed by atoms with Gasteiger partial charge in [0, 0.05) is 67.5 Å². The Morgan fingerprint density at radius 1 is 0.775 bits per heavy atom. The van der Waals surface area contributed by atoms with E-state index in [0.29, 0.717) is 51.1 Å². The average molecular weight is 574 g/mol. The molecule has 11 nitrogen and oxygen atoms in total. The fourth-order valence-corrected chi connectivity index (χ4v) is 5.14. The van der Waals surface area contributed by atoms with Gasteiger partial charge >= 0.3 is 0 Å². The third-order valence-electron chi connectivity index (χ3n) is 7.21. The maximum atomic E-state index is 12.2. The van der Waals surface area contributed by atoms with Crippen LogP contribution in [0.5, 0.6) is 0 Å². The molecule has 0 bridgehead atoms. The normalized spacial score (nSPS) is 14.4. The topological polar surface area (TPSA) is 130 Å². The number of nitro groups is 2. The van der Waals surface area contributed by atoms with E-state index >= 15 is 0 Å². The highest BCUT2D eigenvalue weighted by atomic mass is 35.5. The molecule has 2 aromatic carbocycles. The van der Waals surface area contributed by atoms with Crippen molar-refractivity contribution in [3.63, 3.8) is 0 Å². The summed E-state index contributed by atoms with van der Waals surface area (Å²) < 4.78 is 0. The van der Waals surface area contributed by atoms with Crippen LogP contribution in [-0.2, 0) is 22.4 Å². The van der Waals surface area contributed by atoms with Crippen LogP contribution in [-0.4, -0.2) is 65.2 Å². The minimum atomic E-state index is -0.417. The number of rotatable bonds is 11. The second-order valence-electron chi connectivity index (χ2n) is 9.65. The van der Waals surface area contributed by atoms with Crippen LogP contribution in [0.4, 0.5) is 22.7 Å². The molecule has 0 saturated heterocycles. The van der Waals surface area contributed by atoms with E-state index in [1.165, 1.54) is 12.1 Å². The Hall–Kier alpha value is -3.57. The monoisotopic (exact) mass is 573 g/mol. The van der Waals surface area contributed by atoms with Crippen molar-refractivity contribution in [3.05, 3.63) is 67.8 Å². The minimum absolute atomic E-state index is 0.0569. The Kier molecular flexibility index (Phi) is 11.4. The van der Waals surface area contributed by atoms with Crippen LogP contribution in [0, 0.1) is 20.2 Å². The van der Waals surface area contributed by atoms with Crippen molar-refractivity contribution in [2.24, 2.45) is 0 Å². The van der Waals surface area contributed by atoms with Gasteiger partial charge in [-0.3, -0.25) is 29.8 Å². The molecule has 0 N–H and O–H groups in total. The second-order valence-corrected chi connectivity index (χ2v) is 10.0. The standard InChI is InChI=1S/C16H23N3O3.C12H13ClN2O3/c1-3-17(4-2)10-5-11-18-15-8-7-14(19(21)22)12-13(15)6-9-16(18)20;13-6-1-7-14-11-4-3-10(15(17)18)8-9(11)2-5-12(14)16/h7-8,12H,3-6,9-11H2,1-2H3;3-4,8H,1-2,5-7H2. The summed E-state index contributed by atoms with van der Waals surface area (Å²) in [5.74, 6) is 0.661. The number of benzene rings is 2. The van der Waals surface area contributed by atoms with Gasteiger partial charge in [-0.25, -0.2) is 0 Å². The van der Waals surface area contributed by atoms with Crippen molar-refractivity contribution in [1.29, 1.82) is 0 Å². The van der Waals surface area contributed by atoms with E-state index in [-0.39, 0.29) is 28.1 Å². The second kappa shape index (κ2) is 14.7. The Balaban J connectivity index is 0.000000225. The molecule has 0 radical (unpaired) electrons. The molecule has 12 heteroatoms. The zero-order chi connectivity index (χ0) is 29.2. The Bertz CT molecular complexity index is 1240. The van der Waals surface area contributed by atoms with Crippen LogP contribution in [0.15, 0.2) is 36.4 Å². The lowest BCUT2D eigenvalue weighted by molar-refractivity contribution is -0.385. The quantitative estimate of drug-likeness (QED) is 0.207. The summed E-state index contributed by atoms with van der Waals surface area (Å²) in [6.45, 7) is 8.46. The molecule has 0 spiro atoms. The number of hydrogen-bond acceptors (Lipinski definition) is 7. The van der Waals surface area contributed by atoms with Crippen LogP contribution in [0.3, 0.4) is 0 Å². The van der Waals surface area contributed by atoms with Crippen LogP contribution in [0.2, 0.25) is 0 Å². The van der Waals surface area contributed by atoms with E-state index in [1.54, 1.807) is 34.1 Å². The summed E-state index contributed by atoms with van der Waals surface area (Å²) >= 11 is 5.64. The molecule has 0 fully saturated rings. The van der Waals surface area contributed by atoms with Crippen molar-refractivity contribution in [1.82, 2.24) is 4.90 Å². The average Bonchev–Trinajstić information content (AvgIpc) is 2.95. The van der Waals surface area contributed by atoms with Crippen molar-refractivity contribution < 1.29 is 19.4 Å². The molecule has 0 unspecified atom stereocenters. The van der Waals surface area contributed by atoms with Gasteiger partial charge in [0.05, 0.1) is 9.85 Å².